The zero-order valence-corrected chi connectivity index (χ0v) is 20.6. The zero-order chi connectivity index (χ0) is 23.2. The summed E-state index contributed by atoms with van der Waals surface area (Å²) in [6.45, 7) is 3.97. The number of thioether (sulfide) groups is 1. The highest BCUT2D eigenvalue weighted by Crippen LogP contribution is 2.32. The number of aryl methyl sites for hydroxylation is 1. The van der Waals surface area contributed by atoms with Gasteiger partial charge in [-0.25, -0.2) is 0 Å². The van der Waals surface area contributed by atoms with E-state index < -0.39 is 0 Å². The molecule has 34 heavy (non-hydrogen) atoms. The molecular formula is C25H28ClN5O2S. The lowest BCUT2D eigenvalue weighted by Crippen LogP contribution is -2.44. The van der Waals surface area contributed by atoms with Crippen molar-refractivity contribution in [3.8, 4) is 0 Å². The van der Waals surface area contributed by atoms with Gasteiger partial charge in [0.2, 0.25) is 0 Å². The average Bonchev–Trinajstić information content (AvgIpc) is 3.23. The summed E-state index contributed by atoms with van der Waals surface area (Å²) in [4.78, 5) is 33.5. The molecule has 3 aliphatic rings. The molecule has 1 N–H and O–H groups in total. The molecule has 0 radical (unpaired) electrons. The number of nitrogens with one attached hydrogen (secondary N) is 1. The van der Waals surface area contributed by atoms with Crippen molar-refractivity contribution in [1.29, 1.82) is 0 Å². The lowest BCUT2D eigenvalue weighted by molar-refractivity contribution is 0.171. The maximum atomic E-state index is 12.7. The van der Waals surface area contributed by atoms with Gasteiger partial charge in [-0.2, -0.15) is 0 Å². The normalized spacial score (nSPS) is 20.7. The first-order chi connectivity index (χ1) is 16.6. The Morgan fingerprint density at radius 2 is 1.91 bits per heavy atom. The fraction of sp³-hybridized carbons (Fsp3) is 0.480. The largest absolute Gasteiger partial charge is 0.308 e. The third-order valence-corrected chi connectivity index (χ3v) is 8.82. The van der Waals surface area contributed by atoms with Crippen LogP contribution in [0.4, 0.5) is 0 Å². The molecule has 1 fully saturated rings. The minimum Gasteiger partial charge on any atom is -0.308 e. The van der Waals surface area contributed by atoms with Crippen molar-refractivity contribution in [3.63, 3.8) is 0 Å². The third kappa shape index (κ3) is 4.11. The minimum atomic E-state index is -0.0368. The van der Waals surface area contributed by atoms with Gasteiger partial charge in [0, 0.05) is 48.1 Å². The van der Waals surface area contributed by atoms with Gasteiger partial charge < -0.3 is 10.2 Å². The smallest absolute Gasteiger partial charge is 0.252 e. The Morgan fingerprint density at radius 3 is 2.74 bits per heavy atom. The Bertz CT molecular complexity index is 1360. The molecule has 7 nitrogen and oxygen atoms in total. The van der Waals surface area contributed by atoms with Crippen molar-refractivity contribution in [3.05, 3.63) is 67.4 Å². The number of nitrogens with zero attached hydrogens (tertiary/aromatic N) is 4. The first-order valence-corrected chi connectivity index (χ1v) is 13.4. The van der Waals surface area contributed by atoms with Crippen LogP contribution in [0, 0.1) is 0 Å². The summed E-state index contributed by atoms with van der Waals surface area (Å²) in [5.74, 6) is 1.15. The summed E-state index contributed by atoms with van der Waals surface area (Å²) in [6.07, 6.45) is 4.30. The van der Waals surface area contributed by atoms with E-state index >= 15 is 0 Å². The van der Waals surface area contributed by atoms with Gasteiger partial charge in [0.25, 0.3) is 11.1 Å². The van der Waals surface area contributed by atoms with E-state index in [4.69, 9.17) is 16.6 Å². The average molecular weight is 498 g/mol. The Hall–Kier alpha value is -2.13. The van der Waals surface area contributed by atoms with E-state index in [1.165, 1.54) is 17.0 Å². The Labute approximate surface area is 207 Å². The molecule has 1 atom stereocenters. The molecule has 0 spiro atoms. The molecule has 178 valence electrons. The molecule has 6 heterocycles. The summed E-state index contributed by atoms with van der Waals surface area (Å²) >= 11 is 8.37. The number of halogens is 1. The predicted octanol–water partition coefficient (Wildman–Crippen LogP) is 3.06. The van der Waals surface area contributed by atoms with Crippen LogP contribution in [0.15, 0.2) is 44.8 Å². The minimum absolute atomic E-state index is 0.00724. The van der Waals surface area contributed by atoms with Crippen LogP contribution in [0.3, 0.4) is 0 Å². The molecule has 9 heteroatoms. The molecule has 0 saturated carbocycles. The standard InChI is InChI=1S/C25H28ClN5O2S/c26-19-12-22-20(2-1-11-34-22)28-21(19)13-27-17-7-9-29(10-8-17)14-18-15-30-23(32)5-3-16-4-6-24(33)31(18)25(16)30/h3-6,12,17-18,27H,1-2,7-11,13-15H2/t18-/m1/s1. The number of hydrogen-bond donors (Lipinski definition) is 1. The fourth-order valence-corrected chi connectivity index (χ4v) is 6.86. The van der Waals surface area contributed by atoms with Gasteiger partial charge in [0.15, 0.2) is 0 Å². The maximum Gasteiger partial charge on any atom is 0.252 e. The molecule has 0 aliphatic carbocycles. The van der Waals surface area contributed by atoms with Crippen LogP contribution in [-0.4, -0.2) is 50.4 Å². The molecule has 3 aliphatic heterocycles. The fourth-order valence-electron chi connectivity index (χ4n) is 5.55. The highest BCUT2D eigenvalue weighted by atomic mass is 35.5. The second-order valence-electron chi connectivity index (χ2n) is 9.53. The van der Waals surface area contributed by atoms with Crippen LogP contribution >= 0.6 is 23.4 Å². The lowest BCUT2D eigenvalue weighted by Gasteiger charge is -2.34. The van der Waals surface area contributed by atoms with Gasteiger partial charge >= 0.3 is 0 Å². The van der Waals surface area contributed by atoms with Crippen molar-refractivity contribution >= 4 is 34.4 Å². The van der Waals surface area contributed by atoms with Gasteiger partial charge in [-0.1, -0.05) is 11.6 Å². The van der Waals surface area contributed by atoms with Gasteiger partial charge in [0.05, 0.1) is 22.5 Å². The first-order valence-electron chi connectivity index (χ1n) is 12.1. The van der Waals surface area contributed by atoms with Crippen LogP contribution < -0.4 is 16.4 Å². The monoisotopic (exact) mass is 497 g/mol. The van der Waals surface area contributed by atoms with Crippen molar-refractivity contribution < 1.29 is 0 Å². The molecule has 0 amide bonds. The number of hydrogen-bond acceptors (Lipinski definition) is 6. The maximum absolute atomic E-state index is 12.7. The number of rotatable bonds is 5. The summed E-state index contributed by atoms with van der Waals surface area (Å²) in [5.41, 5.74) is 2.83. The number of aromatic nitrogens is 3. The van der Waals surface area contributed by atoms with Gasteiger partial charge in [0.1, 0.15) is 5.65 Å². The summed E-state index contributed by atoms with van der Waals surface area (Å²) in [6, 6.07) is 9.34. The quantitative estimate of drug-likeness (QED) is 0.584. The van der Waals surface area contributed by atoms with Gasteiger partial charge in [-0.15, -0.1) is 11.8 Å². The van der Waals surface area contributed by atoms with E-state index in [1.54, 1.807) is 16.7 Å². The van der Waals surface area contributed by atoms with Crippen molar-refractivity contribution in [2.24, 2.45) is 0 Å². The molecule has 6 rings (SSSR count). The molecule has 0 aromatic carbocycles. The van der Waals surface area contributed by atoms with Crippen molar-refractivity contribution in [1.82, 2.24) is 24.3 Å². The second kappa shape index (κ2) is 9.15. The van der Waals surface area contributed by atoms with E-state index in [-0.39, 0.29) is 17.2 Å². The lowest BCUT2D eigenvalue weighted by atomic mass is 10.0. The van der Waals surface area contributed by atoms with Crippen molar-refractivity contribution in [2.75, 3.05) is 25.4 Å². The summed E-state index contributed by atoms with van der Waals surface area (Å²) in [7, 11) is 0. The van der Waals surface area contributed by atoms with Gasteiger partial charge in [-0.05, 0) is 62.7 Å². The molecule has 0 unspecified atom stereocenters. The highest BCUT2D eigenvalue weighted by molar-refractivity contribution is 7.99. The predicted molar refractivity (Wildman–Crippen MR) is 136 cm³/mol. The zero-order valence-electron chi connectivity index (χ0n) is 19.0. The first kappa shape index (κ1) is 22.3. The van der Waals surface area contributed by atoms with E-state index in [1.807, 2.05) is 28.5 Å². The molecule has 1 saturated heterocycles. The van der Waals surface area contributed by atoms with E-state index in [0.717, 1.165) is 66.4 Å². The number of fused-ring (bicyclic) bond motifs is 1. The van der Waals surface area contributed by atoms with Gasteiger partial charge in [-0.3, -0.25) is 23.7 Å². The topological polar surface area (TPSA) is 72.2 Å². The van der Waals surface area contributed by atoms with Crippen molar-refractivity contribution in [2.45, 2.75) is 55.8 Å². The van der Waals surface area contributed by atoms with Crippen LogP contribution in [0.1, 0.15) is 36.7 Å². The second-order valence-corrected chi connectivity index (χ2v) is 11.1. The summed E-state index contributed by atoms with van der Waals surface area (Å²) < 4.78 is 3.58. The van der Waals surface area contributed by atoms with Crippen LogP contribution in [0.5, 0.6) is 0 Å². The number of likely N-dealkylation sites (tertiary alicyclic amines) is 1. The van der Waals surface area contributed by atoms with Crippen LogP contribution in [0.25, 0.3) is 11.0 Å². The highest BCUT2D eigenvalue weighted by Gasteiger charge is 2.29. The Kier molecular flexibility index (Phi) is 6.01. The van der Waals surface area contributed by atoms with E-state index in [0.29, 0.717) is 19.1 Å². The number of pyridine rings is 3. The summed E-state index contributed by atoms with van der Waals surface area (Å²) in [5, 5.41) is 5.37. The Balaban J connectivity index is 1.07. The van der Waals surface area contributed by atoms with E-state index in [2.05, 4.69) is 16.3 Å². The molecule has 3 aromatic rings. The number of piperidine rings is 1. The SMILES string of the molecule is O=c1ccc2ccc(=O)n3c2n1C[C@H]3CN1CCC(NCc2nc3c(cc2Cl)SCCC3)CC1. The van der Waals surface area contributed by atoms with Crippen LogP contribution in [0.2, 0.25) is 5.02 Å². The molecule has 0 bridgehead atoms. The Morgan fingerprint density at radius 1 is 1.12 bits per heavy atom. The molecule has 3 aromatic heterocycles. The molecular weight excluding hydrogens is 470 g/mol. The van der Waals surface area contributed by atoms with Crippen LogP contribution in [-0.2, 0) is 19.5 Å². The van der Waals surface area contributed by atoms with E-state index in [9.17, 15) is 9.59 Å². The third-order valence-electron chi connectivity index (χ3n) is 7.33.